The van der Waals surface area contributed by atoms with Gasteiger partial charge in [-0.25, -0.2) is 4.79 Å². The fourth-order valence-electron chi connectivity index (χ4n) is 4.05. The molecule has 3 aliphatic rings. The van der Waals surface area contributed by atoms with Gasteiger partial charge in [0, 0.05) is 19.6 Å². The van der Waals surface area contributed by atoms with Crippen LogP contribution < -0.4 is 5.32 Å². The number of nitrogens with zero attached hydrogens (tertiary/aromatic N) is 1. The fraction of sp³-hybridized carbons (Fsp3) is 0.875. The van der Waals surface area contributed by atoms with Crippen LogP contribution in [0.5, 0.6) is 0 Å². The largest absolute Gasteiger partial charge is 0.481 e. The second-order valence-corrected chi connectivity index (χ2v) is 7.54. The maximum Gasteiger partial charge on any atom is 0.317 e. The lowest BCUT2D eigenvalue weighted by Crippen LogP contribution is -2.51. The lowest BCUT2D eigenvalue weighted by molar-refractivity contribution is -0.147. The molecule has 2 saturated carbocycles. The Bertz CT molecular complexity index is 443. The molecule has 1 unspecified atom stereocenters. The number of likely N-dealkylation sites (tertiary alicyclic amines) is 1. The van der Waals surface area contributed by atoms with Crippen LogP contribution in [0.25, 0.3) is 0 Å². The first kappa shape index (κ1) is 14.7. The fourth-order valence-corrected chi connectivity index (χ4v) is 4.05. The Kier molecular flexibility index (Phi) is 3.62. The summed E-state index contributed by atoms with van der Waals surface area (Å²) in [5.74, 6) is -0.00264. The summed E-state index contributed by atoms with van der Waals surface area (Å²) in [6, 6.07) is -0.0782. The number of rotatable bonds is 4. The van der Waals surface area contributed by atoms with Gasteiger partial charge in [-0.1, -0.05) is 12.8 Å². The van der Waals surface area contributed by atoms with Crippen molar-refractivity contribution in [3.63, 3.8) is 0 Å². The zero-order chi connectivity index (χ0) is 15.1. The van der Waals surface area contributed by atoms with Gasteiger partial charge in [0.15, 0.2) is 0 Å². The van der Waals surface area contributed by atoms with E-state index < -0.39 is 11.4 Å². The molecule has 1 heterocycles. The van der Waals surface area contributed by atoms with Crippen molar-refractivity contribution in [2.24, 2.45) is 16.7 Å². The molecule has 5 nitrogen and oxygen atoms in total. The third-order valence-electron chi connectivity index (χ3n) is 6.19. The van der Waals surface area contributed by atoms with Crippen molar-refractivity contribution in [3.05, 3.63) is 0 Å². The summed E-state index contributed by atoms with van der Waals surface area (Å²) in [6.45, 7) is 3.37. The molecular weight excluding hydrogens is 268 g/mol. The summed E-state index contributed by atoms with van der Waals surface area (Å²) < 4.78 is 0. The van der Waals surface area contributed by atoms with Gasteiger partial charge in [-0.2, -0.15) is 0 Å². The molecule has 0 radical (unpaired) electrons. The van der Waals surface area contributed by atoms with Crippen LogP contribution in [0, 0.1) is 16.7 Å². The number of hydrogen-bond donors (Lipinski definition) is 2. The molecule has 3 fully saturated rings. The summed E-state index contributed by atoms with van der Waals surface area (Å²) in [7, 11) is 0. The number of nitrogens with one attached hydrogen (secondary N) is 1. The van der Waals surface area contributed by atoms with Crippen molar-refractivity contribution in [1.82, 2.24) is 10.2 Å². The molecule has 5 heteroatoms. The Labute approximate surface area is 126 Å². The number of carboxylic acid groups (broad SMARTS) is 1. The molecule has 3 rings (SSSR count). The molecule has 2 aliphatic carbocycles. The first-order valence-electron chi connectivity index (χ1n) is 8.21. The molecule has 1 saturated heterocycles. The molecule has 0 bridgehead atoms. The van der Waals surface area contributed by atoms with Crippen LogP contribution in [0.4, 0.5) is 4.79 Å². The van der Waals surface area contributed by atoms with E-state index in [0.29, 0.717) is 24.9 Å². The normalized spacial score (nSPS) is 31.4. The maximum absolute atomic E-state index is 12.3. The molecule has 1 atom stereocenters. The van der Waals surface area contributed by atoms with Crippen LogP contribution >= 0.6 is 0 Å². The highest BCUT2D eigenvalue weighted by atomic mass is 16.4. The first-order chi connectivity index (χ1) is 9.95. The van der Waals surface area contributed by atoms with Crippen molar-refractivity contribution >= 4 is 12.0 Å². The SMILES string of the molecule is CC1(C(=O)O)CCN(C(=O)NCC2(C3CCC3)CCC2)C1. The van der Waals surface area contributed by atoms with Gasteiger partial charge < -0.3 is 15.3 Å². The molecular formula is C16H26N2O3. The van der Waals surface area contributed by atoms with E-state index in [0.717, 1.165) is 12.5 Å². The average molecular weight is 294 g/mol. The van der Waals surface area contributed by atoms with Gasteiger partial charge in [-0.05, 0) is 50.4 Å². The van der Waals surface area contributed by atoms with E-state index in [4.69, 9.17) is 0 Å². The Morgan fingerprint density at radius 3 is 2.38 bits per heavy atom. The molecule has 0 aromatic rings. The van der Waals surface area contributed by atoms with Crippen molar-refractivity contribution in [3.8, 4) is 0 Å². The quantitative estimate of drug-likeness (QED) is 0.837. The molecule has 2 N–H and O–H groups in total. The third-order valence-corrected chi connectivity index (χ3v) is 6.19. The highest BCUT2D eigenvalue weighted by molar-refractivity contribution is 5.79. The van der Waals surface area contributed by atoms with Crippen LogP contribution in [-0.2, 0) is 4.79 Å². The van der Waals surface area contributed by atoms with E-state index in [1.54, 1.807) is 11.8 Å². The highest BCUT2D eigenvalue weighted by Crippen LogP contribution is 2.53. The van der Waals surface area contributed by atoms with E-state index in [-0.39, 0.29) is 6.03 Å². The maximum atomic E-state index is 12.3. The number of amides is 2. The Morgan fingerprint density at radius 1 is 1.24 bits per heavy atom. The predicted octanol–water partition coefficient (Wildman–Crippen LogP) is 2.46. The molecule has 2 amide bonds. The van der Waals surface area contributed by atoms with Gasteiger partial charge in [0.1, 0.15) is 0 Å². The van der Waals surface area contributed by atoms with E-state index >= 15 is 0 Å². The average Bonchev–Trinajstić information content (AvgIpc) is 2.73. The Morgan fingerprint density at radius 2 is 1.95 bits per heavy atom. The Hall–Kier alpha value is -1.26. The van der Waals surface area contributed by atoms with Gasteiger partial charge in [-0.3, -0.25) is 4.79 Å². The van der Waals surface area contributed by atoms with Crippen molar-refractivity contribution < 1.29 is 14.7 Å². The van der Waals surface area contributed by atoms with Gasteiger partial charge in [-0.15, -0.1) is 0 Å². The molecule has 0 aromatic heterocycles. The lowest BCUT2D eigenvalue weighted by Gasteiger charge is -2.52. The minimum Gasteiger partial charge on any atom is -0.481 e. The van der Waals surface area contributed by atoms with Crippen molar-refractivity contribution in [1.29, 1.82) is 0 Å². The second-order valence-electron chi connectivity index (χ2n) is 7.54. The summed E-state index contributed by atoms with van der Waals surface area (Å²) >= 11 is 0. The smallest absolute Gasteiger partial charge is 0.317 e. The van der Waals surface area contributed by atoms with Crippen molar-refractivity contribution in [2.75, 3.05) is 19.6 Å². The van der Waals surface area contributed by atoms with E-state index in [2.05, 4.69) is 5.32 Å². The lowest BCUT2D eigenvalue weighted by atomic mass is 9.55. The highest BCUT2D eigenvalue weighted by Gasteiger charge is 2.47. The van der Waals surface area contributed by atoms with Gasteiger partial charge in [0.05, 0.1) is 5.41 Å². The molecule has 0 spiro atoms. The Balaban J connectivity index is 1.52. The number of carbonyl (C=O) groups is 2. The van der Waals surface area contributed by atoms with Crippen LogP contribution in [-0.4, -0.2) is 41.6 Å². The van der Waals surface area contributed by atoms with Gasteiger partial charge >= 0.3 is 12.0 Å². The first-order valence-corrected chi connectivity index (χ1v) is 8.21. The minimum absolute atomic E-state index is 0.0782. The van der Waals surface area contributed by atoms with E-state index in [1.807, 2.05) is 0 Å². The van der Waals surface area contributed by atoms with Gasteiger partial charge in [0.25, 0.3) is 0 Å². The van der Waals surface area contributed by atoms with Crippen LogP contribution in [0.1, 0.15) is 51.9 Å². The van der Waals surface area contributed by atoms with Crippen molar-refractivity contribution in [2.45, 2.75) is 51.9 Å². The summed E-state index contributed by atoms with van der Waals surface area (Å²) in [4.78, 5) is 25.2. The monoisotopic (exact) mass is 294 g/mol. The second kappa shape index (κ2) is 5.18. The summed E-state index contributed by atoms with van der Waals surface area (Å²) in [5.41, 5.74) is -0.427. The molecule has 21 heavy (non-hydrogen) atoms. The molecule has 1 aliphatic heterocycles. The standard InChI is InChI=1S/C16H26N2O3/c1-15(13(19)20)8-9-18(11-15)14(21)17-10-16(6-3-7-16)12-4-2-5-12/h12H,2-11H2,1H3,(H,17,21)(H,19,20). The number of urea groups is 1. The number of hydrogen-bond acceptors (Lipinski definition) is 2. The molecule has 118 valence electrons. The van der Waals surface area contributed by atoms with Gasteiger partial charge in [0.2, 0.25) is 0 Å². The van der Waals surface area contributed by atoms with Crippen LogP contribution in [0.3, 0.4) is 0 Å². The zero-order valence-corrected chi connectivity index (χ0v) is 12.9. The number of carbonyl (C=O) groups excluding carboxylic acids is 1. The third kappa shape index (κ3) is 2.51. The molecule has 0 aromatic carbocycles. The predicted molar refractivity (Wildman–Crippen MR) is 79.0 cm³/mol. The number of aliphatic carboxylic acids is 1. The summed E-state index contributed by atoms with van der Waals surface area (Å²) in [5, 5.41) is 12.3. The van der Waals surface area contributed by atoms with Crippen LogP contribution in [0.15, 0.2) is 0 Å². The summed E-state index contributed by atoms with van der Waals surface area (Å²) in [6.07, 6.45) is 8.28. The minimum atomic E-state index is -0.803. The van der Waals surface area contributed by atoms with E-state index in [1.165, 1.54) is 38.5 Å². The topological polar surface area (TPSA) is 69.6 Å². The zero-order valence-electron chi connectivity index (χ0n) is 12.9. The van der Waals surface area contributed by atoms with Crippen LogP contribution in [0.2, 0.25) is 0 Å². The number of carboxylic acids is 1. The van der Waals surface area contributed by atoms with E-state index in [9.17, 15) is 14.7 Å².